The molecule has 29 heavy (non-hydrogen) atoms. The molecule has 2 aliphatic heterocycles. The van der Waals surface area contributed by atoms with Crippen LogP contribution in [0.15, 0.2) is 35.3 Å². The summed E-state index contributed by atoms with van der Waals surface area (Å²) in [5.41, 5.74) is 4.47. The van der Waals surface area contributed by atoms with Gasteiger partial charge in [0.25, 0.3) is 0 Å². The lowest BCUT2D eigenvalue weighted by Gasteiger charge is -2.37. The first-order chi connectivity index (χ1) is 14.2. The molecule has 7 heteroatoms. The molecule has 2 saturated heterocycles. The molecule has 0 amide bonds. The number of guanidine groups is 1. The summed E-state index contributed by atoms with van der Waals surface area (Å²) < 4.78 is 13.8. The van der Waals surface area contributed by atoms with E-state index in [9.17, 15) is 0 Å². The fourth-order valence-electron chi connectivity index (χ4n) is 4.24. The number of hydrogen-bond acceptors (Lipinski definition) is 4. The molecular weight excluding hydrogens is 366 g/mol. The van der Waals surface area contributed by atoms with Gasteiger partial charge < -0.3 is 19.7 Å². The Kier molecular flexibility index (Phi) is 6.16. The summed E-state index contributed by atoms with van der Waals surface area (Å²) in [6, 6.07) is 10.2. The monoisotopic (exact) mass is 397 g/mol. The standard InChI is InChI=1S/C22H31N5O2/c1-16-19(17(2)27(25-16)18-8-5-4-6-9-18)14-24-22(23-3)26-11-13-29-21(15-26)20-10-7-12-28-20/h4-6,8-9,20-21H,7,10-15H2,1-3H3,(H,23,24). The van der Waals surface area contributed by atoms with Crippen molar-refractivity contribution in [2.45, 2.75) is 45.4 Å². The lowest BCUT2D eigenvalue weighted by atomic mass is 10.1. The zero-order chi connectivity index (χ0) is 20.2. The Labute approximate surface area is 172 Å². The molecule has 2 aromatic rings. The van der Waals surface area contributed by atoms with Crippen LogP contribution in [0.5, 0.6) is 0 Å². The Hall–Kier alpha value is -2.38. The van der Waals surface area contributed by atoms with Crippen LogP contribution in [0.2, 0.25) is 0 Å². The molecule has 4 rings (SSSR count). The molecule has 2 atom stereocenters. The second-order valence-corrected chi connectivity index (χ2v) is 7.70. The van der Waals surface area contributed by atoms with Crippen LogP contribution < -0.4 is 5.32 Å². The first kappa shape index (κ1) is 19.9. The van der Waals surface area contributed by atoms with Crippen LogP contribution in [0.4, 0.5) is 0 Å². The molecule has 0 bridgehead atoms. The largest absolute Gasteiger partial charge is 0.375 e. The highest BCUT2D eigenvalue weighted by molar-refractivity contribution is 5.80. The van der Waals surface area contributed by atoms with E-state index in [0.29, 0.717) is 13.2 Å². The molecule has 0 aliphatic carbocycles. The van der Waals surface area contributed by atoms with Gasteiger partial charge in [0.1, 0.15) is 6.10 Å². The minimum atomic E-state index is 0.120. The summed E-state index contributed by atoms with van der Waals surface area (Å²) in [5.74, 6) is 0.905. The third kappa shape index (κ3) is 4.31. The fraction of sp³-hybridized carbons (Fsp3) is 0.545. The third-order valence-electron chi connectivity index (χ3n) is 5.85. The molecule has 7 nitrogen and oxygen atoms in total. The van der Waals surface area contributed by atoms with Gasteiger partial charge in [-0.15, -0.1) is 0 Å². The number of nitrogens with one attached hydrogen (secondary N) is 1. The number of aliphatic imine (C=N–C) groups is 1. The van der Waals surface area contributed by atoms with Crippen molar-refractivity contribution in [3.63, 3.8) is 0 Å². The van der Waals surface area contributed by atoms with Crippen molar-refractivity contribution in [3.8, 4) is 5.69 Å². The van der Waals surface area contributed by atoms with Gasteiger partial charge >= 0.3 is 0 Å². The van der Waals surface area contributed by atoms with E-state index < -0.39 is 0 Å². The van der Waals surface area contributed by atoms with Crippen molar-refractivity contribution < 1.29 is 9.47 Å². The van der Waals surface area contributed by atoms with E-state index in [1.54, 1.807) is 0 Å². The molecule has 1 aromatic heterocycles. The predicted molar refractivity (Wildman–Crippen MR) is 114 cm³/mol. The van der Waals surface area contributed by atoms with E-state index in [0.717, 1.165) is 55.6 Å². The van der Waals surface area contributed by atoms with Crippen LogP contribution in [0, 0.1) is 13.8 Å². The molecule has 1 N–H and O–H groups in total. The number of para-hydroxylation sites is 1. The Balaban J connectivity index is 1.43. The van der Waals surface area contributed by atoms with Gasteiger partial charge in [-0.05, 0) is 38.8 Å². The summed E-state index contributed by atoms with van der Waals surface area (Å²) in [6.07, 6.45) is 2.54. The van der Waals surface area contributed by atoms with Crippen LogP contribution in [0.1, 0.15) is 29.8 Å². The van der Waals surface area contributed by atoms with Gasteiger partial charge in [0.2, 0.25) is 0 Å². The van der Waals surface area contributed by atoms with Gasteiger partial charge in [-0.2, -0.15) is 5.10 Å². The van der Waals surface area contributed by atoms with E-state index in [4.69, 9.17) is 14.6 Å². The Morgan fingerprint density at radius 1 is 1.17 bits per heavy atom. The average Bonchev–Trinajstić information content (AvgIpc) is 3.39. The third-order valence-corrected chi connectivity index (χ3v) is 5.85. The van der Waals surface area contributed by atoms with Gasteiger partial charge in [0.15, 0.2) is 5.96 Å². The molecule has 1 aromatic carbocycles. The maximum Gasteiger partial charge on any atom is 0.194 e. The predicted octanol–water partition coefficient (Wildman–Crippen LogP) is 2.44. The number of ether oxygens (including phenoxy) is 2. The number of aryl methyl sites for hydroxylation is 1. The molecule has 0 spiro atoms. The number of morpholine rings is 1. The smallest absolute Gasteiger partial charge is 0.194 e. The highest BCUT2D eigenvalue weighted by Crippen LogP contribution is 2.21. The van der Waals surface area contributed by atoms with Gasteiger partial charge in [-0.1, -0.05) is 18.2 Å². The summed E-state index contributed by atoms with van der Waals surface area (Å²) in [6.45, 7) is 8.08. The highest BCUT2D eigenvalue weighted by atomic mass is 16.5. The first-order valence-corrected chi connectivity index (χ1v) is 10.5. The Morgan fingerprint density at radius 2 is 1.97 bits per heavy atom. The van der Waals surface area contributed by atoms with Crippen molar-refractivity contribution in [1.82, 2.24) is 20.0 Å². The zero-order valence-electron chi connectivity index (χ0n) is 17.6. The summed E-state index contributed by atoms with van der Waals surface area (Å²) in [4.78, 5) is 6.80. The molecule has 3 heterocycles. The second kappa shape index (κ2) is 8.97. The molecule has 156 valence electrons. The Morgan fingerprint density at radius 3 is 2.69 bits per heavy atom. The fourth-order valence-corrected chi connectivity index (χ4v) is 4.24. The van der Waals surface area contributed by atoms with E-state index in [1.807, 2.05) is 29.9 Å². The number of nitrogens with zero attached hydrogens (tertiary/aromatic N) is 4. The highest BCUT2D eigenvalue weighted by Gasteiger charge is 2.32. The van der Waals surface area contributed by atoms with Gasteiger partial charge in [0.05, 0.1) is 24.1 Å². The van der Waals surface area contributed by atoms with Crippen molar-refractivity contribution in [1.29, 1.82) is 0 Å². The number of rotatable bonds is 4. The zero-order valence-corrected chi connectivity index (χ0v) is 17.6. The molecule has 2 unspecified atom stereocenters. The number of aromatic nitrogens is 2. The van der Waals surface area contributed by atoms with Crippen LogP contribution >= 0.6 is 0 Å². The Bertz CT molecular complexity index is 842. The molecular formula is C22H31N5O2. The minimum Gasteiger partial charge on any atom is -0.375 e. The van der Waals surface area contributed by atoms with Crippen molar-refractivity contribution in [2.75, 3.05) is 33.4 Å². The topological polar surface area (TPSA) is 63.9 Å². The number of hydrogen-bond donors (Lipinski definition) is 1. The second-order valence-electron chi connectivity index (χ2n) is 7.70. The normalized spacial score (nSPS) is 22.9. The van der Waals surface area contributed by atoms with Crippen LogP contribution in [-0.2, 0) is 16.0 Å². The number of benzene rings is 1. The van der Waals surface area contributed by atoms with E-state index in [2.05, 4.69) is 41.2 Å². The molecule has 0 saturated carbocycles. The average molecular weight is 398 g/mol. The molecule has 2 fully saturated rings. The van der Waals surface area contributed by atoms with E-state index >= 15 is 0 Å². The summed E-state index contributed by atoms with van der Waals surface area (Å²) in [5, 5.41) is 8.29. The maximum absolute atomic E-state index is 5.98. The van der Waals surface area contributed by atoms with Crippen molar-refractivity contribution in [3.05, 3.63) is 47.3 Å². The van der Waals surface area contributed by atoms with E-state index in [1.165, 1.54) is 5.56 Å². The summed E-state index contributed by atoms with van der Waals surface area (Å²) in [7, 11) is 1.84. The van der Waals surface area contributed by atoms with Crippen molar-refractivity contribution >= 4 is 5.96 Å². The van der Waals surface area contributed by atoms with Gasteiger partial charge in [0, 0.05) is 44.5 Å². The van der Waals surface area contributed by atoms with Gasteiger partial charge in [-0.25, -0.2) is 4.68 Å². The van der Waals surface area contributed by atoms with Crippen molar-refractivity contribution in [2.24, 2.45) is 4.99 Å². The summed E-state index contributed by atoms with van der Waals surface area (Å²) >= 11 is 0. The lowest BCUT2D eigenvalue weighted by Crippen LogP contribution is -2.53. The molecule has 2 aliphatic rings. The van der Waals surface area contributed by atoms with Crippen LogP contribution in [0.3, 0.4) is 0 Å². The maximum atomic E-state index is 5.98. The minimum absolute atomic E-state index is 0.120. The SMILES string of the molecule is CN=C(NCc1c(C)nn(-c2ccccc2)c1C)N1CCOC(C2CCCO2)C1. The quantitative estimate of drug-likeness (QED) is 0.634. The lowest BCUT2D eigenvalue weighted by molar-refractivity contribution is -0.0817. The van der Waals surface area contributed by atoms with Crippen LogP contribution in [0.25, 0.3) is 5.69 Å². The van der Waals surface area contributed by atoms with Crippen LogP contribution in [-0.4, -0.2) is 66.2 Å². The van der Waals surface area contributed by atoms with E-state index in [-0.39, 0.29) is 12.2 Å². The first-order valence-electron chi connectivity index (χ1n) is 10.5. The molecule has 0 radical (unpaired) electrons. The van der Waals surface area contributed by atoms with Gasteiger partial charge in [-0.3, -0.25) is 4.99 Å².